The highest BCUT2D eigenvalue weighted by Crippen LogP contribution is 2.33. The first kappa shape index (κ1) is 13.5. The van der Waals surface area contributed by atoms with Gasteiger partial charge in [-0.1, -0.05) is 0 Å². The Morgan fingerprint density at radius 2 is 1.95 bits per heavy atom. The van der Waals surface area contributed by atoms with Crippen molar-refractivity contribution in [3.8, 4) is 23.4 Å². The van der Waals surface area contributed by atoms with Gasteiger partial charge in [0.1, 0.15) is 0 Å². The zero-order valence-corrected chi connectivity index (χ0v) is 10.4. The summed E-state index contributed by atoms with van der Waals surface area (Å²) in [7, 11) is 1.37. The summed E-state index contributed by atoms with van der Waals surface area (Å²) in [6, 6.07) is 6.80. The quantitative estimate of drug-likeness (QED) is 0.932. The maximum Gasteiger partial charge on any atom is 0.258 e. The van der Waals surface area contributed by atoms with Crippen molar-refractivity contribution in [3.05, 3.63) is 41.5 Å². The third-order valence-electron chi connectivity index (χ3n) is 2.42. The van der Waals surface area contributed by atoms with Crippen molar-refractivity contribution in [1.82, 2.24) is 4.98 Å². The number of nitriles is 1. The highest BCUT2D eigenvalue weighted by molar-refractivity contribution is 5.48. The molecule has 2 aromatic rings. The fourth-order valence-electron chi connectivity index (χ4n) is 1.46. The normalized spacial score (nSPS) is 9.90. The van der Waals surface area contributed by atoms with Crippen LogP contribution in [0.15, 0.2) is 24.3 Å². The molecule has 0 saturated carbocycles. The molecule has 1 aromatic carbocycles. The first-order chi connectivity index (χ1) is 9.55. The lowest BCUT2D eigenvalue weighted by molar-refractivity contribution is 0.363. The number of benzene rings is 1. The SMILES string of the molecule is COc1cc(C#N)ccc1Oc1nc(N)c(F)cc1F. The van der Waals surface area contributed by atoms with Gasteiger partial charge in [0.25, 0.3) is 5.88 Å². The predicted molar refractivity (Wildman–Crippen MR) is 66.3 cm³/mol. The van der Waals surface area contributed by atoms with Crippen molar-refractivity contribution in [2.24, 2.45) is 0 Å². The predicted octanol–water partition coefficient (Wildman–Crippen LogP) is 2.61. The van der Waals surface area contributed by atoms with Crippen LogP contribution in [0.2, 0.25) is 0 Å². The van der Waals surface area contributed by atoms with E-state index in [1.165, 1.54) is 25.3 Å². The Labute approximate surface area is 113 Å². The summed E-state index contributed by atoms with van der Waals surface area (Å²) < 4.78 is 36.7. The molecule has 102 valence electrons. The molecule has 20 heavy (non-hydrogen) atoms. The van der Waals surface area contributed by atoms with Gasteiger partial charge in [-0.15, -0.1) is 0 Å². The molecule has 1 aromatic heterocycles. The fraction of sp³-hybridized carbons (Fsp3) is 0.0769. The van der Waals surface area contributed by atoms with Crippen LogP contribution >= 0.6 is 0 Å². The van der Waals surface area contributed by atoms with Gasteiger partial charge < -0.3 is 15.2 Å². The Morgan fingerprint density at radius 1 is 1.20 bits per heavy atom. The van der Waals surface area contributed by atoms with Crippen LogP contribution in [0.5, 0.6) is 17.4 Å². The molecule has 0 spiro atoms. The minimum Gasteiger partial charge on any atom is -0.493 e. The molecule has 0 saturated heterocycles. The average Bonchev–Trinajstić information content (AvgIpc) is 2.45. The first-order valence-corrected chi connectivity index (χ1v) is 5.42. The van der Waals surface area contributed by atoms with Crippen molar-refractivity contribution < 1.29 is 18.3 Å². The molecule has 0 radical (unpaired) electrons. The molecular weight excluding hydrogens is 268 g/mol. The Bertz CT molecular complexity index is 699. The summed E-state index contributed by atoms with van der Waals surface area (Å²) in [6.07, 6.45) is 0. The van der Waals surface area contributed by atoms with Crippen LogP contribution in [0.1, 0.15) is 5.56 Å². The number of methoxy groups -OCH3 is 1. The third-order valence-corrected chi connectivity index (χ3v) is 2.42. The van der Waals surface area contributed by atoms with Gasteiger partial charge >= 0.3 is 0 Å². The van der Waals surface area contributed by atoms with Crippen molar-refractivity contribution in [1.29, 1.82) is 5.26 Å². The van der Waals surface area contributed by atoms with Crippen LogP contribution in [0.25, 0.3) is 0 Å². The van der Waals surface area contributed by atoms with Crippen LogP contribution in [-0.4, -0.2) is 12.1 Å². The molecule has 5 nitrogen and oxygen atoms in total. The van der Waals surface area contributed by atoms with Gasteiger partial charge in [-0.25, -0.2) is 8.78 Å². The largest absolute Gasteiger partial charge is 0.493 e. The summed E-state index contributed by atoms with van der Waals surface area (Å²) in [4.78, 5) is 3.47. The molecule has 0 fully saturated rings. The van der Waals surface area contributed by atoms with E-state index in [4.69, 9.17) is 20.5 Å². The molecule has 2 rings (SSSR count). The number of anilines is 1. The standard InChI is InChI=1S/C13H9F2N3O2/c1-19-11-4-7(6-16)2-3-10(11)20-13-9(15)5-8(14)12(17)18-13/h2-5H,1H3,(H2,17,18). The van der Waals surface area contributed by atoms with Crippen LogP contribution in [-0.2, 0) is 0 Å². The molecule has 0 bridgehead atoms. The number of halogens is 2. The van der Waals surface area contributed by atoms with Gasteiger partial charge in [-0.3, -0.25) is 0 Å². The van der Waals surface area contributed by atoms with E-state index >= 15 is 0 Å². The number of pyridine rings is 1. The van der Waals surface area contributed by atoms with Crippen LogP contribution < -0.4 is 15.2 Å². The lowest BCUT2D eigenvalue weighted by Crippen LogP contribution is -2.01. The van der Waals surface area contributed by atoms with Crippen LogP contribution in [0.3, 0.4) is 0 Å². The van der Waals surface area contributed by atoms with Gasteiger partial charge in [0, 0.05) is 12.1 Å². The van der Waals surface area contributed by atoms with Gasteiger partial charge in [0.15, 0.2) is 29.0 Å². The smallest absolute Gasteiger partial charge is 0.258 e. The Balaban J connectivity index is 2.40. The topological polar surface area (TPSA) is 81.2 Å². The summed E-state index contributed by atoms with van der Waals surface area (Å²) in [6.45, 7) is 0. The van der Waals surface area contributed by atoms with Crippen molar-refractivity contribution in [2.75, 3.05) is 12.8 Å². The van der Waals surface area contributed by atoms with E-state index in [9.17, 15) is 8.78 Å². The number of nitrogens with two attached hydrogens (primary N) is 1. The minimum absolute atomic E-state index is 0.129. The van der Waals surface area contributed by atoms with E-state index in [1.807, 2.05) is 6.07 Å². The minimum atomic E-state index is -0.997. The van der Waals surface area contributed by atoms with E-state index in [2.05, 4.69) is 4.98 Å². The van der Waals surface area contributed by atoms with E-state index in [1.54, 1.807) is 0 Å². The molecule has 0 aliphatic rings. The lowest BCUT2D eigenvalue weighted by atomic mass is 10.2. The van der Waals surface area contributed by atoms with E-state index in [0.29, 0.717) is 11.6 Å². The van der Waals surface area contributed by atoms with Gasteiger partial charge in [0.2, 0.25) is 0 Å². The second-order valence-corrected chi connectivity index (χ2v) is 3.72. The second kappa shape index (κ2) is 5.40. The lowest BCUT2D eigenvalue weighted by Gasteiger charge is -2.10. The summed E-state index contributed by atoms with van der Waals surface area (Å²) >= 11 is 0. The van der Waals surface area contributed by atoms with E-state index in [0.717, 1.165) is 0 Å². The van der Waals surface area contributed by atoms with Crippen LogP contribution in [0, 0.1) is 23.0 Å². The monoisotopic (exact) mass is 277 g/mol. The molecule has 1 heterocycles. The third kappa shape index (κ3) is 2.59. The zero-order chi connectivity index (χ0) is 14.7. The molecule has 2 N–H and O–H groups in total. The second-order valence-electron chi connectivity index (χ2n) is 3.72. The van der Waals surface area contributed by atoms with E-state index in [-0.39, 0.29) is 11.5 Å². The average molecular weight is 277 g/mol. The van der Waals surface area contributed by atoms with Gasteiger partial charge in [-0.2, -0.15) is 10.2 Å². The Kier molecular flexibility index (Phi) is 3.66. The molecule has 0 unspecified atom stereocenters. The van der Waals surface area contributed by atoms with Gasteiger partial charge in [-0.05, 0) is 12.1 Å². The summed E-state index contributed by atoms with van der Waals surface area (Å²) in [5, 5.41) is 8.77. The van der Waals surface area contributed by atoms with Crippen molar-refractivity contribution in [2.45, 2.75) is 0 Å². The molecule has 0 aliphatic carbocycles. The summed E-state index contributed by atoms with van der Waals surface area (Å²) in [5.41, 5.74) is 5.60. The maximum absolute atomic E-state index is 13.5. The number of ether oxygens (including phenoxy) is 2. The highest BCUT2D eigenvalue weighted by atomic mass is 19.1. The first-order valence-electron chi connectivity index (χ1n) is 5.42. The van der Waals surface area contributed by atoms with E-state index < -0.39 is 23.3 Å². The fourth-order valence-corrected chi connectivity index (χ4v) is 1.46. The number of nitrogen functional groups attached to an aromatic ring is 1. The van der Waals surface area contributed by atoms with Gasteiger partial charge in [0.05, 0.1) is 18.7 Å². The molecular formula is C13H9F2N3O2. The number of rotatable bonds is 3. The number of nitrogens with zero attached hydrogens (tertiary/aromatic N) is 2. The Morgan fingerprint density at radius 3 is 2.60 bits per heavy atom. The molecule has 7 heteroatoms. The Hall–Kier alpha value is -2.88. The van der Waals surface area contributed by atoms with Crippen molar-refractivity contribution in [3.63, 3.8) is 0 Å². The summed E-state index contributed by atoms with van der Waals surface area (Å²) in [5.74, 6) is -2.58. The number of hydrogen-bond donors (Lipinski definition) is 1. The number of aromatic nitrogens is 1. The molecule has 0 aliphatic heterocycles. The van der Waals surface area contributed by atoms with Crippen molar-refractivity contribution >= 4 is 5.82 Å². The maximum atomic E-state index is 13.5. The molecule has 0 atom stereocenters. The van der Waals surface area contributed by atoms with Crippen LogP contribution in [0.4, 0.5) is 14.6 Å². The molecule has 0 amide bonds. The zero-order valence-electron chi connectivity index (χ0n) is 10.4. The highest BCUT2D eigenvalue weighted by Gasteiger charge is 2.14. The number of hydrogen-bond acceptors (Lipinski definition) is 5.